The fourth-order valence-corrected chi connectivity index (χ4v) is 4.07. The number of benzene rings is 3. The molecule has 160 valence electrons. The number of aromatic hydroxyl groups is 1. The van der Waals surface area contributed by atoms with E-state index in [0.717, 1.165) is 15.4 Å². The third-order valence-corrected chi connectivity index (χ3v) is 5.83. The zero-order valence-electron chi connectivity index (χ0n) is 16.8. The molecule has 6 nitrogen and oxygen atoms in total. The van der Waals surface area contributed by atoms with Gasteiger partial charge in [0.2, 0.25) is 0 Å². The first-order valence-electron chi connectivity index (χ1n) is 9.52. The number of phenolic OH excluding ortho intramolecular Hbond substituents is 1. The number of nitrogens with one attached hydrogen (secondary N) is 1. The highest BCUT2D eigenvalue weighted by molar-refractivity contribution is 9.10. The Labute approximate surface area is 201 Å². The summed E-state index contributed by atoms with van der Waals surface area (Å²) in [5, 5.41) is 14.7. The number of amides is 1. The molecule has 0 aliphatic heterocycles. The van der Waals surface area contributed by atoms with E-state index in [1.54, 1.807) is 18.2 Å². The Kier molecular flexibility index (Phi) is 6.53. The predicted molar refractivity (Wildman–Crippen MR) is 132 cm³/mol. The molecule has 0 spiro atoms. The standard InChI is InChI=1S/C24H17Br2N3O3/c1-32-22-10-14(9-19(26)23(22)30)13-27-29-24(31)18-12-21(15-5-4-6-16(25)11-15)28-20-8-3-2-7-17(18)20/h2-13,30H,1H3,(H,29,31)/b27-13+. The number of nitrogens with zero attached hydrogens (tertiary/aromatic N) is 2. The van der Waals surface area contributed by atoms with E-state index in [0.29, 0.717) is 32.6 Å². The van der Waals surface area contributed by atoms with Crippen LogP contribution < -0.4 is 10.2 Å². The maximum absolute atomic E-state index is 13.0. The van der Waals surface area contributed by atoms with Crippen LogP contribution in [0, 0.1) is 0 Å². The highest BCUT2D eigenvalue weighted by Gasteiger charge is 2.14. The number of para-hydroxylation sites is 1. The Morgan fingerprint density at radius 2 is 1.91 bits per heavy atom. The minimum atomic E-state index is -0.360. The molecule has 2 N–H and O–H groups in total. The molecular weight excluding hydrogens is 538 g/mol. The number of phenols is 1. The quantitative estimate of drug-likeness (QED) is 0.237. The van der Waals surface area contributed by atoms with Gasteiger partial charge in [0.15, 0.2) is 11.5 Å². The second kappa shape index (κ2) is 9.50. The van der Waals surface area contributed by atoms with Gasteiger partial charge in [-0.25, -0.2) is 10.4 Å². The lowest BCUT2D eigenvalue weighted by molar-refractivity contribution is 0.0956. The van der Waals surface area contributed by atoms with Gasteiger partial charge in [0.1, 0.15) is 0 Å². The summed E-state index contributed by atoms with van der Waals surface area (Å²) in [5.41, 5.74) is 5.97. The fourth-order valence-electron chi connectivity index (χ4n) is 3.21. The van der Waals surface area contributed by atoms with Crippen LogP contribution in [0.15, 0.2) is 80.8 Å². The topological polar surface area (TPSA) is 83.8 Å². The van der Waals surface area contributed by atoms with Crippen LogP contribution in [0.1, 0.15) is 15.9 Å². The lowest BCUT2D eigenvalue weighted by atomic mass is 10.0. The van der Waals surface area contributed by atoms with Gasteiger partial charge in [-0.3, -0.25) is 4.79 Å². The highest BCUT2D eigenvalue weighted by atomic mass is 79.9. The van der Waals surface area contributed by atoms with Crippen LogP contribution in [0.25, 0.3) is 22.2 Å². The summed E-state index contributed by atoms with van der Waals surface area (Å²) >= 11 is 6.75. The van der Waals surface area contributed by atoms with Crippen molar-refractivity contribution in [2.45, 2.75) is 0 Å². The highest BCUT2D eigenvalue weighted by Crippen LogP contribution is 2.34. The normalized spacial score (nSPS) is 11.1. The molecule has 4 rings (SSSR count). The van der Waals surface area contributed by atoms with Crippen molar-refractivity contribution in [3.63, 3.8) is 0 Å². The number of halogens is 2. The molecule has 0 bridgehead atoms. The molecule has 1 aromatic heterocycles. The van der Waals surface area contributed by atoms with Gasteiger partial charge in [-0.1, -0.05) is 46.3 Å². The van der Waals surface area contributed by atoms with E-state index >= 15 is 0 Å². The molecule has 3 aromatic carbocycles. The minimum absolute atomic E-state index is 0.00276. The van der Waals surface area contributed by atoms with Crippen LogP contribution in [0.4, 0.5) is 0 Å². The molecular formula is C24H17Br2N3O3. The summed E-state index contributed by atoms with van der Waals surface area (Å²) < 4.78 is 6.52. The molecule has 0 aliphatic rings. The molecule has 0 unspecified atom stereocenters. The van der Waals surface area contributed by atoms with Crippen molar-refractivity contribution in [1.82, 2.24) is 10.4 Å². The van der Waals surface area contributed by atoms with Crippen molar-refractivity contribution < 1.29 is 14.6 Å². The number of pyridine rings is 1. The Balaban J connectivity index is 1.66. The molecule has 0 saturated heterocycles. The number of hydrogen-bond acceptors (Lipinski definition) is 5. The first kappa shape index (κ1) is 22.0. The molecule has 1 amide bonds. The molecule has 4 aromatic rings. The van der Waals surface area contributed by atoms with Crippen molar-refractivity contribution in [3.8, 4) is 22.8 Å². The van der Waals surface area contributed by atoms with Crippen LogP contribution in [-0.2, 0) is 0 Å². The third-order valence-electron chi connectivity index (χ3n) is 4.73. The fraction of sp³-hybridized carbons (Fsp3) is 0.0417. The zero-order valence-corrected chi connectivity index (χ0v) is 20.0. The molecule has 0 aliphatic carbocycles. The van der Waals surface area contributed by atoms with E-state index in [1.165, 1.54) is 13.3 Å². The monoisotopic (exact) mass is 553 g/mol. The molecule has 8 heteroatoms. The first-order valence-corrected chi connectivity index (χ1v) is 11.1. The minimum Gasteiger partial charge on any atom is -0.503 e. The molecule has 0 atom stereocenters. The number of hydrazone groups is 1. The van der Waals surface area contributed by atoms with E-state index < -0.39 is 0 Å². The second-order valence-corrected chi connectivity index (χ2v) is 8.61. The summed E-state index contributed by atoms with van der Waals surface area (Å²) in [7, 11) is 1.46. The maximum atomic E-state index is 13.0. The largest absolute Gasteiger partial charge is 0.503 e. The van der Waals surface area contributed by atoms with Gasteiger partial charge in [0.05, 0.1) is 34.6 Å². The average Bonchev–Trinajstić information content (AvgIpc) is 2.80. The van der Waals surface area contributed by atoms with Gasteiger partial charge >= 0.3 is 0 Å². The summed E-state index contributed by atoms with van der Waals surface area (Å²) in [6.07, 6.45) is 1.48. The van der Waals surface area contributed by atoms with Crippen molar-refractivity contribution in [2.24, 2.45) is 5.10 Å². The Hall–Kier alpha value is -3.23. The molecule has 0 fully saturated rings. The van der Waals surface area contributed by atoms with Crippen molar-refractivity contribution in [2.75, 3.05) is 7.11 Å². The average molecular weight is 555 g/mol. The summed E-state index contributed by atoms with van der Waals surface area (Å²) in [5.74, 6) is -0.0659. The second-order valence-electron chi connectivity index (χ2n) is 6.84. The molecule has 0 saturated carbocycles. The SMILES string of the molecule is COc1cc(/C=N/NC(=O)c2cc(-c3cccc(Br)c3)nc3ccccc23)cc(Br)c1O. The van der Waals surface area contributed by atoms with Crippen LogP contribution in [0.5, 0.6) is 11.5 Å². The van der Waals surface area contributed by atoms with Crippen LogP contribution in [-0.4, -0.2) is 29.3 Å². The van der Waals surface area contributed by atoms with E-state index in [2.05, 4.69) is 42.4 Å². The van der Waals surface area contributed by atoms with Crippen LogP contribution >= 0.6 is 31.9 Å². The van der Waals surface area contributed by atoms with Gasteiger partial charge in [0, 0.05) is 15.4 Å². The number of hydrogen-bond donors (Lipinski definition) is 2. The number of methoxy groups -OCH3 is 1. The van der Waals surface area contributed by atoms with E-state index in [9.17, 15) is 9.90 Å². The predicted octanol–water partition coefficient (Wildman–Crippen LogP) is 5.90. The van der Waals surface area contributed by atoms with Crippen molar-refractivity contribution in [1.29, 1.82) is 0 Å². The number of rotatable bonds is 5. The molecule has 1 heterocycles. The van der Waals surface area contributed by atoms with Crippen molar-refractivity contribution in [3.05, 3.63) is 86.8 Å². The smallest absolute Gasteiger partial charge is 0.272 e. The van der Waals surface area contributed by atoms with Crippen LogP contribution in [0.2, 0.25) is 0 Å². The Morgan fingerprint density at radius 1 is 1.09 bits per heavy atom. The van der Waals surface area contributed by atoms with Gasteiger partial charge in [0.25, 0.3) is 5.91 Å². The van der Waals surface area contributed by atoms with Gasteiger partial charge in [-0.15, -0.1) is 0 Å². The number of ether oxygens (including phenoxy) is 1. The number of carbonyl (C=O) groups is 1. The number of fused-ring (bicyclic) bond motifs is 1. The van der Waals surface area contributed by atoms with Gasteiger partial charge in [-0.05, 0) is 57.9 Å². The summed E-state index contributed by atoms with van der Waals surface area (Å²) in [4.78, 5) is 17.7. The van der Waals surface area contributed by atoms with Gasteiger partial charge in [-0.2, -0.15) is 5.10 Å². The van der Waals surface area contributed by atoms with Crippen molar-refractivity contribution >= 4 is 54.9 Å². The first-order chi connectivity index (χ1) is 15.5. The lowest BCUT2D eigenvalue weighted by Crippen LogP contribution is -2.18. The zero-order chi connectivity index (χ0) is 22.7. The molecule has 0 radical (unpaired) electrons. The summed E-state index contributed by atoms with van der Waals surface area (Å²) in [6, 6.07) is 20.3. The van der Waals surface area contributed by atoms with Crippen LogP contribution in [0.3, 0.4) is 0 Å². The third kappa shape index (κ3) is 4.66. The van der Waals surface area contributed by atoms with E-state index in [1.807, 2.05) is 48.5 Å². The van der Waals surface area contributed by atoms with Gasteiger partial charge < -0.3 is 9.84 Å². The number of aromatic nitrogens is 1. The Bertz CT molecular complexity index is 1360. The lowest BCUT2D eigenvalue weighted by Gasteiger charge is -2.09. The molecule has 32 heavy (non-hydrogen) atoms. The Morgan fingerprint density at radius 3 is 2.69 bits per heavy atom. The summed E-state index contributed by atoms with van der Waals surface area (Å²) in [6.45, 7) is 0. The number of carbonyl (C=O) groups excluding carboxylic acids is 1. The van der Waals surface area contributed by atoms with E-state index in [-0.39, 0.29) is 11.7 Å². The van der Waals surface area contributed by atoms with E-state index in [4.69, 9.17) is 9.72 Å². The maximum Gasteiger partial charge on any atom is 0.272 e.